The van der Waals surface area contributed by atoms with Crippen molar-refractivity contribution in [2.45, 2.75) is 117 Å². The van der Waals surface area contributed by atoms with Crippen LogP contribution in [0, 0.1) is 11.8 Å². The fourth-order valence-corrected chi connectivity index (χ4v) is 8.43. The van der Waals surface area contributed by atoms with Gasteiger partial charge >= 0.3 is 11.9 Å². The molecule has 0 saturated carbocycles. The van der Waals surface area contributed by atoms with E-state index in [1.54, 1.807) is 5.38 Å². The lowest BCUT2D eigenvalue weighted by Crippen LogP contribution is -2.51. The van der Waals surface area contributed by atoms with E-state index in [0.717, 1.165) is 18.1 Å². The first-order valence-corrected chi connectivity index (χ1v) is 18.1. The van der Waals surface area contributed by atoms with Crippen molar-refractivity contribution in [1.82, 2.24) is 9.88 Å². The fraction of sp³-hybridized carbons (Fsp3) is 0.786. The molecule has 1 amide bonds. The normalized spacial score (nSPS) is 14.5. The molecule has 1 aromatic rings. The van der Waals surface area contributed by atoms with Crippen LogP contribution in [0.4, 0.5) is 0 Å². The van der Waals surface area contributed by atoms with Crippen LogP contribution in [0.25, 0.3) is 10.4 Å². The molecule has 13 heteroatoms. The Balaban J connectivity index is 3.65. The van der Waals surface area contributed by atoms with Crippen LogP contribution in [0.3, 0.4) is 0 Å². The van der Waals surface area contributed by atoms with Gasteiger partial charge in [0.2, 0.25) is 5.91 Å². The van der Waals surface area contributed by atoms with Crippen molar-refractivity contribution in [2.75, 3.05) is 13.8 Å². The topological polar surface area (TPSA) is 144 Å². The highest BCUT2D eigenvalue weighted by molar-refractivity contribution is 7.09. The first-order valence-electron chi connectivity index (χ1n) is 14.7. The summed E-state index contributed by atoms with van der Waals surface area (Å²) < 4.78 is 17.4. The molecule has 11 nitrogen and oxygen atoms in total. The maximum atomic E-state index is 14.0. The third kappa shape index (κ3) is 10.4. The summed E-state index contributed by atoms with van der Waals surface area (Å²) in [5.41, 5.74) is 9.47. The summed E-state index contributed by atoms with van der Waals surface area (Å²) in [5.74, 6) is -1.60. The molecule has 0 radical (unpaired) electrons. The number of azide groups is 1. The third-order valence-corrected chi connectivity index (χ3v) is 13.4. The molecule has 41 heavy (non-hydrogen) atoms. The molecule has 0 fully saturated rings. The van der Waals surface area contributed by atoms with Crippen molar-refractivity contribution < 1.29 is 28.3 Å². The van der Waals surface area contributed by atoms with Crippen LogP contribution < -0.4 is 0 Å². The van der Waals surface area contributed by atoms with Gasteiger partial charge in [-0.25, -0.2) is 9.78 Å². The molecule has 0 N–H and O–H groups in total. The van der Waals surface area contributed by atoms with Crippen LogP contribution in [0.15, 0.2) is 10.5 Å². The maximum Gasteiger partial charge on any atom is 0.357 e. The molecular weight excluding hydrogens is 562 g/mol. The monoisotopic (exact) mass is 611 g/mol. The van der Waals surface area contributed by atoms with E-state index in [9.17, 15) is 19.9 Å². The zero-order valence-electron chi connectivity index (χ0n) is 26.2. The predicted molar refractivity (Wildman–Crippen MR) is 163 cm³/mol. The molecule has 232 valence electrons. The molecule has 0 saturated heterocycles. The molecule has 1 rings (SSSR count). The van der Waals surface area contributed by atoms with E-state index in [1.807, 2.05) is 34.6 Å². The summed E-state index contributed by atoms with van der Waals surface area (Å²) >= 11 is 1.33. The third-order valence-electron chi connectivity index (χ3n) is 7.86. The predicted octanol–water partition coefficient (Wildman–Crippen LogP) is 7.26. The first kappa shape index (κ1) is 36.6. The van der Waals surface area contributed by atoms with E-state index in [-0.39, 0.29) is 30.7 Å². The Morgan fingerprint density at radius 3 is 2.24 bits per heavy atom. The Morgan fingerprint density at radius 2 is 1.76 bits per heavy atom. The number of rotatable bonds is 19. The Kier molecular flexibility index (Phi) is 16.2. The van der Waals surface area contributed by atoms with Crippen LogP contribution in [0.1, 0.15) is 103 Å². The van der Waals surface area contributed by atoms with Gasteiger partial charge in [0.25, 0.3) is 0 Å². The Morgan fingerprint density at radius 1 is 1.12 bits per heavy atom. The number of esters is 2. The van der Waals surface area contributed by atoms with Gasteiger partial charge in [-0.1, -0.05) is 66.9 Å². The minimum absolute atomic E-state index is 0.0699. The molecule has 0 aromatic carbocycles. The highest BCUT2D eigenvalue weighted by atomic mass is 32.1. The second-order valence-corrected chi connectivity index (χ2v) is 16.3. The lowest BCUT2D eigenvalue weighted by molar-refractivity contribution is -0.158. The van der Waals surface area contributed by atoms with Crippen molar-refractivity contribution in [3.63, 3.8) is 0 Å². The zero-order chi connectivity index (χ0) is 31.2. The summed E-state index contributed by atoms with van der Waals surface area (Å²) in [6.45, 7) is 15.8. The van der Waals surface area contributed by atoms with Crippen molar-refractivity contribution in [2.24, 2.45) is 17.0 Å². The zero-order valence-corrected chi connectivity index (χ0v) is 28.0. The minimum atomic E-state index is -2.16. The maximum absolute atomic E-state index is 14.0. The number of hydrogen-bond acceptors (Lipinski definition) is 9. The lowest BCUT2D eigenvalue weighted by atomic mass is 9.93. The van der Waals surface area contributed by atoms with Gasteiger partial charge in [-0.05, 0) is 48.3 Å². The Hall–Kier alpha value is -2.47. The van der Waals surface area contributed by atoms with Crippen molar-refractivity contribution >= 4 is 37.5 Å². The molecule has 0 spiro atoms. The van der Waals surface area contributed by atoms with Crippen molar-refractivity contribution in [3.05, 3.63) is 26.5 Å². The van der Waals surface area contributed by atoms with Gasteiger partial charge < -0.3 is 18.8 Å². The highest BCUT2D eigenvalue weighted by Gasteiger charge is 2.39. The summed E-state index contributed by atoms with van der Waals surface area (Å²) in [4.78, 5) is 47.7. The Bertz CT molecular complexity index is 1020. The van der Waals surface area contributed by atoms with Crippen LogP contribution in [-0.2, 0) is 23.5 Å². The van der Waals surface area contributed by atoms with Gasteiger partial charge in [0, 0.05) is 22.8 Å². The molecule has 3 unspecified atom stereocenters. The van der Waals surface area contributed by atoms with Gasteiger partial charge in [-0.15, -0.1) is 11.3 Å². The first-order chi connectivity index (χ1) is 19.5. The van der Waals surface area contributed by atoms with Crippen LogP contribution in [0.2, 0.25) is 18.1 Å². The summed E-state index contributed by atoms with van der Waals surface area (Å²) in [5, 5.41) is 6.14. The number of carbonyl (C=O) groups excluding carboxylic acids is 3. The lowest BCUT2D eigenvalue weighted by Gasteiger charge is -2.40. The van der Waals surface area contributed by atoms with E-state index >= 15 is 0 Å². The van der Waals surface area contributed by atoms with Gasteiger partial charge in [0.15, 0.2) is 20.7 Å². The molecule has 0 aliphatic carbocycles. The summed E-state index contributed by atoms with van der Waals surface area (Å²) in [6, 6.07) is 1.33. The number of thiazole rings is 1. The molecular formula is C28H49N5O6SSi. The van der Waals surface area contributed by atoms with Gasteiger partial charge in [0.05, 0.1) is 13.2 Å². The van der Waals surface area contributed by atoms with Gasteiger partial charge in [-0.2, -0.15) is 0 Å². The molecule has 0 aliphatic rings. The SMILES string of the molecule is CCCC(=O)OCN(C(=O)C(N=[N+]=[N-])C(C)CC)[C@H](CC(O[Si](CC)(CC)CC)c1nc(C(=O)OC)cs1)C(C)C. The second-order valence-electron chi connectivity index (χ2n) is 10.7. The van der Waals surface area contributed by atoms with E-state index in [4.69, 9.17) is 13.9 Å². The van der Waals surface area contributed by atoms with Gasteiger partial charge in [-0.3, -0.25) is 9.59 Å². The highest BCUT2D eigenvalue weighted by Crippen LogP contribution is 2.36. The van der Waals surface area contributed by atoms with Crippen LogP contribution in [0.5, 0.6) is 0 Å². The van der Waals surface area contributed by atoms with Crippen molar-refractivity contribution in [1.29, 1.82) is 0 Å². The van der Waals surface area contributed by atoms with Gasteiger partial charge in [0.1, 0.15) is 11.0 Å². The van der Waals surface area contributed by atoms with E-state index in [2.05, 4.69) is 35.8 Å². The second kappa shape index (κ2) is 18.1. The Labute approximate surface area is 250 Å². The quantitative estimate of drug-likeness (QED) is 0.0400. The van der Waals surface area contributed by atoms with E-state index in [0.29, 0.717) is 24.3 Å². The number of hydrogen-bond donors (Lipinski definition) is 0. The van der Waals surface area contributed by atoms with Crippen molar-refractivity contribution in [3.8, 4) is 0 Å². The van der Waals surface area contributed by atoms with Crippen LogP contribution >= 0.6 is 11.3 Å². The molecule has 0 bridgehead atoms. The standard InChI is InChI=1S/C28H49N5O6SSi/c1-10-15-24(34)38-18-33(27(35)25(31-32-29)20(8)11-2)22(19(6)7)16-23(39-41(12-3,13-4)14-5)26-30-21(17-40-26)28(36)37-9/h17,19-20,22-23,25H,10-16,18H2,1-9H3/t20?,22-,23?,25?/m1/s1. The number of methoxy groups -OCH3 is 1. The molecule has 1 heterocycles. The number of carbonyl (C=O) groups is 3. The fourth-order valence-electron chi connectivity index (χ4n) is 4.71. The summed E-state index contributed by atoms with van der Waals surface area (Å²) in [7, 11) is -0.850. The molecule has 1 aromatic heterocycles. The smallest absolute Gasteiger partial charge is 0.357 e. The molecule has 4 atom stereocenters. The number of ether oxygens (including phenoxy) is 2. The minimum Gasteiger partial charge on any atom is -0.464 e. The average Bonchev–Trinajstić information content (AvgIpc) is 3.46. The number of nitrogens with zero attached hydrogens (tertiary/aromatic N) is 5. The number of aromatic nitrogens is 1. The van der Waals surface area contributed by atoms with Crippen LogP contribution in [-0.4, -0.2) is 62.0 Å². The van der Waals surface area contributed by atoms with E-state index < -0.39 is 44.4 Å². The summed E-state index contributed by atoms with van der Waals surface area (Å²) in [6.07, 6.45) is 1.35. The van der Waals surface area contributed by atoms with E-state index in [1.165, 1.54) is 23.3 Å². The largest absolute Gasteiger partial charge is 0.464 e. The average molecular weight is 612 g/mol. The number of amides is 1. The molecule has 0 aliphatic heterocycles.